The van der Waals surface area contributed by atoms with Crippen LogP contribution in [0.3, 0.4) is 0 Å². The summed E-state index contributed by atoms with van der Waals surface area (Å²) in [5.74, 6) is 5.99. The van der Waals surface area contributed by atoms with Crippen LogP contribution in [0.2, 0.25) is 0 Å². The second kappa shape index (κ2) is 8.51. The molecule has 22 heavy (non-hydrogen) atoms. The molecule has 2 amide bonds. The van der Waals surface area contributed by atoms with Gasteiger partial charge in [0.15, 0.2) is 0 Å². The number of benzene rings is 1. The Bertz CT molecular complexity index is 497. The van der Waals surface area contributed by atoms with Crippen LogP contribution in [0, 0.1) is 11.8 Å². The quantitative estimate of drug-likeness (QED) is 0.405. The van der Waals surface area contributed by atoms with Gasteiger partial charge in [0.1, 0.15) is 0 Å². The fraction of sp³-hybridized carbons (Fsp3) is 0.500. The smallest absolute Gasteiger partial charge is 0.267 e. The van der Waals surface area contributed by atoms with Crippen LogP contribution in [0.4, 0.5) is 0 Å². The largest absolute Gasteiger partial charge is 0.287 e. The van der Waals surface area contributed by atoms with Gasteiger partial charge in [0.2, 0.25) is 0 Å². The van der Waals surface area contributed by atoms with E-state index in [1.807, 2.05) is 13.8 Å². The number of rotatable bonds is 7. The lowest BCUT2D eigenvalue weighted by atomic mass is 10.1. The van der Waals surface area contributed by atoms with Crippen LogP contribution in [0.5, 0.6) is 0 Å². The predicted octanol–water partition coefficient (Wildman–Crippen LogP) is 1.55. The first-order valence-corrected chi connectivity index (χ1v) is 7.51. The van der Waals surface area contributed by atoms with E-state index in [-0.39, 0.29) is 11.8 Å². The Morgan fingerprint density at radius 2 is 1.59 bits per heavy atom. The number of amides is 2. The molecule has 6 heteroatoms. The molecule has 0 aliphatic carbocycles. The molecule has 0 aromatic heterocycles. The van der Waals surface area contributed by atoms with E-state index in [0.717, 1.165) is 0 Å². The number of hydrogen-bond donors (Lipinski definition) is 3. The predicted molar refractivity (Wildman–Crippen MR) is 86.8 cm³/mol. The average Bonchev–Trinajstić information content (AvgIpc) is 2.45. The summed E-state index contributed by atoms with van der Waals surface area (Å²) in [6.07, 6.45) is 0. The molecule has 6 nitrogen and oxygen atoms in total. The molecule has 0 aliphatic heterocycles. The number of nitrogens with zero attached hydrogens (tertiary/aromatic N) is 1. The lowest BCUT2D eigenvalue weighted by Crippen LogP contribution is -2.40. The Kier molecular flexibility index (Phi) is 7.01. The third-order valence-electron chi connectivity index (χ3n) is 2.93. The molecule has 0 unspecified atom stereocenters. The minimum Gasteiger partial charge on any atom is -0.287 e. The maximum atomic E-state index is 12.1. The van der Waals surface area contributed by atoms with Crippen molar-refractivity contribution in [2.45, 2.75) is 27.7 Å². The monoisotopic (exact) mass is 306 g/mol. The zero-order chi connectivity index (χ0) is 16.7. The van der Waals surface area contributed by atoms with Gasteiger partial charge in [-0.3, -0.25) is 20.0 Å². The molecule has 4 N–H and O–H groups in total. The molecule has 1 aromatic rings. The first-order valence-electron chi connectivity index (χ1n) is 7.51. The molecule has 0 radical (unpaired) electrons. The highest BCUT2D eigenvalue weighted by Crippen LogP contribution is 2.07. The zero-order valence-electron chi connectivity index (χ0n) is 13.7. The van der Waals surface area contributed by atoms with E-state index in [1.165, 1.54) is 5.01 Å². The lowest BCUT2D eigenvalue weighted by Gasteiger charge is -2.18. The lowest BCUT2D eigenvalue weighted by molar-refractivity contribution is 0.0735. The van der Waals surface area contributed by atoms with Crippen LogP contribution >= 0.6 is 0 Å². The number of nitrogens with two attached hydrogens (primary N) is 1. The highest BCUT2D eigenvalue weighted by Gasteiger charge is 2.14. The van der Waals surface area contributed by atoms with Gasteiger partial charge in [-0.2, -0.15) is 0 Å². The van der Waals surface area contributed by atoms with Crippen LogP contribution < -0.4 is 16.7 Å². The molecular formula is C16H26N4O2. The molecule has 1 aromatic carbocycles. The molecular weight excluding hydrogens is 280 g/mol. The van der Waals surface area contributed by atoms with Gasteiger partial charge in [-0.1, -0.05) is 27.7 Å². The summed E-state index contributed by atoms with van der Waals surface area (Å²) in [5, 5.41) is 1.20. The summed E-state index contributed by atoms with van der Waals surface area (Å²) in [6, 6.07) is 6.45. The van der Waals surface area contributed by atoms with E-state index in [4.69, 9.17) is 5.84 Å². The molecule has 0 fully saturated rings. The van der Waals surface area contributed by atoms with Crippen molar-refractivity contribution < 1.29 is 9.59 Å². The molecule has 0 heterocycles. The Morgan fingerprint density at radius 1 is 1.05 bits per heavy atom. The molecule has 0 saturated heterocycles. The third kappa shape index (κ3) is 5.83. The van der Waals surface area contributed by atoms with Gasteiger partial charge in [0, 0.05) is 24.2 Å². The molecule has 0 atom stereocenters. The summed E-state index contributed by atoms with van der Waals surface area (Å²) < 4.78 is 0. The Morgan fingerprint density at radius 3 is 2.09 bits per heavy atom. The number of nitrogens with one attached hydrogen (secondary N) is 2. The van der Waals surface area contributed by atoms with Crippen LogP contribution in [0.25, 0.3) is 0 Å². The topological polar surface area (TPSA) is 87.5 Å². The summed E-state index contributed by atoms with van der Waals surface area (Å²) in [7, 11) is 0. The van der Waals surface area contributed by atoms with Gasteiger partial charge in [0.05, 0.1) is 0 Å². The second-order valence-electron chi connectivity index (χ2n) is 6.16. The molecule has 122 valence electrons. The third-order valence-corrected chi connectivity index (χ3v) is 2.93. The van der Waals surface area contributed by atoms with Crippen LogP contribution in [-0.2, 0) is 0 Å². The Labute approximate surface area is 132 Å². The average molecular weight is 306 g/mol. The normalized spacial score (nSPS) is 10.9. The number of carbonyl (C=O) groups is 2. The fourth-order valence-electron chi connectivity index (χ4n) is 1.81. The molecule has 0 spiro atoms. The highest BCUT2D eigenvalue weighted by atomic mass is 16.2. The van der Waals surface area contributed by atoms with E-state index in [2.05, 4.69) is 24.7 Å². The Balaban J connectivity index is 2.62. The van der Waals surface area contributed by atoms with Crippen LogP contribution in [0.1, 0.15) is 48.4 Å². The van der Waals surface area contributed by atoms with Crippen molar-refractivity contribution in [3.05, 3.63) is 35.4 Å². The molecule has 0 bridgehead atoms. The first kappa shape index (κ1) is 18.1. The standard InChI is InChI=1S/C16H26N4O2/c1-11(2)9-18-19-15(21)13-5-7-14(8-6-13)16(22)20(17)10-12(3)4/h5-8,11-12,18H,9-10,17H2,1-4H3,(H,19,21). The van der Waals surface area contributed by atoms with Crippen molar-refractivity contribution in [2.24, 2.45) is 17.7 Å². The van der Waals surface area contributed by atoms with Gasteiger partial charge in [-0.05, 0) is 36.1 Å². The highest BCUT2D eigenvalue weighted by molar-refractivity contribution is 5.97. The van der Waals surface area contributed by atoms with Crippen molar-refractivity contribution in [2.75, 3.05) is 13.1 Å². The maximum absolute atomic E-state index is 12.1. The minimum atomic E-state index is -0.251. The van der Waals surface area contributed by atoms with Crippen molar-refractivity contribution in [3.63, 3.8) is 0 Å². The molecule has 0 saturated carbocycles. The Hall–Kier alpha value is -1.92. The molecule has 1 rings (SSSR count). The van der Waals surface area contributed by atoms with Gasteiger partial charge >= 0.3 is 0 Å². The van der Waals surface area contributed by atoms with Crippen molar-refractivity contribution >= 4 is 11.8 Å². The summed E-state index contributed by atoms with van der Waals surface area (Å²) >= 11 is 0. The minimum absolute atomic E-state index is 0.230. The van der Waals surface area contributed by atoms with Gasteiger partial charge < -0.3 is 0 Å². The summed E-state index contributed by atoms with van der Waals surface area (Å²) in [6.45, 7) is 9.26. The van der Waals surface area contributed by atoms with E-state index in [0.29, 0.717) is 36.1 Å². The van der Waals surface area contributed by atoms with Gasteiger partial charge in [0.25, 0.3) is 11.8 Å². The van der Waals surface area contributed by atoms with E-state index in [1.54, 1.807) is 24.3 Å². The first-order chi connectivity index (χ1) is 10.3. The van der Waals surface area contributed by atoms with E-state index in [9.17, 15) is 9.59 Å². The SMILES string of the molecule is CC(C)CNNC(=O)c1ccc(C(=O)N(N)CC(C)C)cc1. The number of carbonyl (C=O) groups excluding carboxylic acids is 2. The van der Waals surface area contributed by atoms with E-state index >= 15 is 0 Å². The van der Waals surface area contributed by atoms with Gasteiger partial charge in [-0.15, -0.1) is 0 Å². The van der Waals surface area contributed by atoms with E-state index < -0.39 is 0 Å². The number of hydrogen-bond acceptors (Lipinski definition) is 4. The van der Waals surface area contributed by atoms with Gasteiger partial charge in [-0.25, -0.2) is 11.3 Å². The van der Waals surface area contributed by atoms with Crippen LogP contribution in [0.15, 0.2) is 24.3 Å². The van der Waals surface area contributed by atoms with Crippen molar-refractivity contribution in [1.29, 1.82) is 0 Å². The van der Waals surface area contributed by atoms with Crippen molar-refractivity contribution in [1.82, 2.24) is 15.9 Å². The zero-order valence-corrected chi connectivity index (χ0v) is 13.7. The maximum Gasteiger partial charge on any atom is 0.267 e. The fourth-order valence-corrected chi connectivity index (χ4v) is 1.81. The van der Waals surface area contributed by atoms with Crippen LogP contribution in [-0.4, -0.2) is 29.9 Å². The number of hydrazine groups is 2. The summed E-state index contributed by atoms with van der Waals surface area (Å²) in [4.78, 5) is 24.0. The molecule has 0 aliphatic rings. The summed E-state index contributed by atoms with van der Waals surface area (Å²) in [5.41, 5.74) is 6.44. The second-order valence-corrected chi connectivity index (χ2v) is 6.16. The van der Waals surface area contributed by atoms with Crippen molar-refractivity contribution in [3.8, 4) is 0 Å².